The third-order valence-electron chi connectivity index (χ3n) is 6.51. The normalized spacial score (nSPS) is 45.0. The first-order chi connectivity index (χ1) is 10.6. The van der Waals surface area contributed by atoms with Crippen LogP contribution < -0.4 is 0 Å². The molecule has 1 saturated heterocycles. The minimum absolute atomic E-state index is 0.0891. The smallest absolute Gasteiger partial charge is 0.170 e. The molecule has 4 saturated carbocycles. The average Bonchev–Trinajstić information content (AvgIpc) is 3.26. The lowest BCUT2D eigenvalue weighted by molar-refractivity contribution is -0.145. The quantitative estimate of drug-likeness (QED) is 0.788. The molecular formula is C19H21FO2. The van der Waals surface area contributed by atoms with E-state index in [1.54, 1.807) is 12.1 Å². The van der Waals surface area contributed by atoms with Crippen molar-refractivity contribution in [1.82, 2.24) is 0 Å². The highest BCUT2D eigenvalue weighted by molar-refractivity contribution is 5.92. The molecular weight excluding hydrogens is 279 g/mol. The van der Waals surface area contributed by atoms with Crippen LogP contribution >= 0.6 is 0 Å². The number of ketones is 1. The fourth-order valence-corrected chi connectivity index (χ4v) is 5.93. The van der Waals surface area contributed by atoms with Gasteiger partial charge in [0.2, 0.25) is 0 Å². The minimum atomic E-state index is -0.276. The number of rotatable bonds is 3. The van der Waals surface area contributed by atoms with Crippen LogP contribution in [0.25, 0.3) is 0 Å². The van der Waals surface area contributed by atoms with Gasteiger partial charge >= 0.3 is 0 Å². The minimum Gasteiger partial charge on any atom is -0.356 e. The van der Waals surface area contributed by atoms with Crippen molar-refractivity contribution in [1.29, 1.82) is 0 Å². The first kappa shape index (κ1) is 13.2. The predicted octanol–water partition coefficient (Wildman–Crippen LogP) is 4.05. The number of halogens is 1. The molecule has 4 bridgehead atoms. The highest BCUT2D eigenvalue weighted by Crippen LogP contribution is 2.62. The summed E-state index contributed by atoms with van der Waals surface area (Å²) in [6.45, 7) is 0. The van der Waals surface area contributed by atoms with Gasteiger partial charge in [0.25, 0.3) is 0 Å². The number of carbonyl (C=O) groups excluding carboxylic acids is 1. The molecule has 5 aliphatic rings. The molecule has 4 aliphatic carbocycles. The zero-order valence-electron chi connectivity index (χ0n) is 12.6. The lowest BCUT2D eigenvalue weighted by atomic mass is 9.48. The van der Waals surface area contributed by atoms with E-state index in [9.17, 15) is 9.18 Å². The van der Waals surface area contributed by atoms with Gasteiger partial charge in [-0.05, 0) is 74.0 Å². The molecule has 2 nitrogen and oxygen atoms in total. The first-order valence-corrected chi connectivity index (χ1v) is 8.58. The van der Waals surface area contributed by atoms with Crippen LogP contribution in [0.1, 0.15) is 50.2 Å². The zero-order valence-corrected chi connectivity index (χ0v) is 12.6. The van der Waals surface area contributed by atoms with Crippen molar-refractivity contribution in [2.45, 2.75) is 50.7 Å². The van der Waals surface area contributed by atoms with Gasteiger partial charge in [0, 0.05) is 5.41 Å². The van der Waals surface area contributed by atoms with Gasteiger partial charge in [-0.2, -0.15) is 0 Å². The molecule has 0 radical (unpaired) electrons. The van der Waals surface area contributed by atoms with E-state index in [4.69, 9.17) is 4.74 Å². The molecule has 2 atom stereocenters. The summed E-state index contributed by atoms with van der Waals surface area (Å²) in [4.78, 5) is 13.1. The van der Waals surface area contributed by atoms with Gasteiger partial charge in [-0.3, -0.25) is 4.79 Å². The molecule has 1 aromatic carbocycles. The van der Waals surface area contributed by atoms with Gasteiger partial charge < -0.3 is 4.74 Å². The Hall–Kier alpha value is -1.22. The molecule has 1 aromatic rings. The van der Waals surface area contributed by atoms with Crippen molar-refractivity contribution in [3.63, 3.8) is 0 Å². The maximum atomic E-state index is 13.1. The van der Waals surface area contributed by atoms with E-state index in [2.05, 4.69) is 0 Å². The summed E-state index contributed by atoms with van der Waals surface area (Å²) < 4.78 is 18.7. The Morgan fingerprint density at radius 1 is 1.00 bits per heavy atom. The lowest BCUT2D eigenvalue weighted by Gasteiger charge is -2.55. The van der Waals surface area contributed by atoms with Crippen LogP contribution in [0.5, 0.6) is 0 Å². The van der Waals surface area contributed by atoms with Gasteiger partial charge in [0.15, 0.2) is 5.78 Å². The summed E-state index contributed by atoms with van der Waals surface area (Å²) in [5, 5.41) is 0. The first-order valence-electron chi connectivity index (χ1n) is 8.58. The highest BCUT2D eigenvalue weighted by Gasteiger charge is 2.60. The van der Waals surface area contributed by atoms with Gasteiger partial charge in [0.1, 0.15) is 18.0 Å². The topological polar surface area (TPSA) is 29.6 Å². The van der Waals surface area contributed by atoms with Crippen molar-refractivity contribution in [2.75, 3.05) is 0 Å². The number of benzene rings is 1. The molecule has 6 rings (SSSR count). The van der Waals surface area contributed by atoms with Crippen LogP contribution in [0.2, 0.25) is 0 Å². The number of carbonyl (C=O) groups is 1. The largest absolute Gasteiger partial charge is 0.356 e. The number of hydrogen-bond acceptors (Lipinski definition) is 2. The number of hydrogen-bond donors (Lipinski definition) is 0. The fourth-order valence-electron chi connectivity index (χ4n) is 5.93. The van der Waals surface area contributed by atoms with Crippen LogP contribution in [0.4, 0.5) is 4.39 Å². The van der Waals surface area contributed by atoms with E-state index in [1.807, 2.05) is 0 Å². The summed E-state index contributed by atoms with van der Waals surface area (Å²) in [6.07, 6.45) is 6.90. The van der Waals surface area contributed by atoms with E-state index in [0.29, 0.717) is 5.78 Å². The maximum Gasteiger partial charge on any atom is 0.170 e. The summed E-state index contributed by atoms with van der Waals surface area (Å²) >= 11 is 0. The second-order valence-electron chi connectivity index (χ2n) is 8.09. The standard InChI is InChI=1S/C19H21FO2/c20-15-3-1-14(2-4-15)16-17(22-16)18(21)19-8-11-5-12(9-19)7-13(6-11)10-19/h1-4,11-13,16-17H,5-10H2/t11?,12?,13?,16-,17+,19?/m0/s1. The van der Waals surface area contributed by atoms with Crippen LogP contribution in [-0.2, 0) is 9.53 Å². The Bertz CT molecular complexity index is 586. The molecule has 3 heteroatoms. The maximum absolute atomic E-state index is 13.1. The Labute approximate surface area is 130 Å². The van der Waals surface area contributed by atoms with E-state index in [0.717, 1.165) is 42.6 Å². The number of ether oxygens (including phenoxy) is 1. The third-order valence-corrected chi connectivity index (χ3v) is 6.51. The van der Waals surface area contributed by atoms with E-state index in [1.165, 1.54) is 31.4 Å². The predicted molar refractivity (Wildman–Crippen MR) is 79.6 cm³/mol. The summed E-state index contributed by atoms with van der Waals surface area (Å²) in [6, 6.07) is 6.38. The van der Waals surface area contributed by atoms with Gasteiger partial charge in [-0.15, -0.1) is 0 Å². The zero-order chi connectivity index (χ0) is 14.9. The van der Waals surface area contributed by atoms with Crippen molar-refractivity contribution in [2.24, 2.45) is 23.2 Å². The SMILES string of the molecule is O=C([C@@H]1O[C@H]1c1ccc(F)cc1)C12CC3CC(CC(C3)C1)C2. The van der Waals surface area contributed by atoms with Crippen molar-refractivity contribution < 1.29 is 13.9 Å². The molecule has 22 heavy (non-hydrogen) atoms. The summed E-state index contributed by atoms with van der Waals surface area (Å²) in [5.41, 5.74) is 0.846. The van der Waals surface area contributed by atoms with E-state index >= 15 is 0 Å². The fraction of sp³-hybridized carbons (Fsp3) is 0.632. The Morgan fingerprint density at radius 3 is 2.09 bits per heavy atom. The van der Waals surface area contributed by atoms with Crippen LogP contribution in [-0.4, -0.2) is 11.9 Å². The second-order valence-corrected chi connectivity index (χ2v) is 8.09. The van der Waals surface area contributed by atoms with Crippen molar-refractivity contribution in [3.8, 4) is 0 Å². The summed E-state index contributed by atoms with van der Waals surface area (Å²) in [5.74, 6) is 2.43. The molecule has 1 aliphatic heterocycles. The Balaban J connectivity index is 1.36. The molecule has 1 heterocycles. The lowest BCUT2D eigenvalue weighted by Crippen LogP contribution is -2.51. The van der Waals surface area contributed by atoms with Gasteiger partial charge in [-0.25, -0.2) is 4.39 Å². The molecule has 0 N–H and O–H groups in total. The van der Waals surface area contributed by atoms with E-state index < -0.39 is 0 Å². The van der Waals surface area contributed by atoms with Crippen LogP contribution in [0.3, 0.4) is 0 Å². The third kappa shape index (κ3) is 1.91. The van der Waals surface area contributed by atoms with Crippen LogP contribution in [0, 0.1) is 29.0 Å². The Kier molecular flexibility index (Phi) is 2.65. The molecule has 0 aromatic heterocycles. The second kappa shape index (κ2) is 4.41. The molecule has 116 valence electrons. The highest BCUT2D eigenvalue weighted by atomic mass is 19.1. The average molecular weight is 300 g/mol. The molecule has 5 fully saturated rings. The van der Waals surface area contributed by atoms with Gasteiger partial charge in [0.05, 0.1) is 0 Å². The Morgan fingerprint density at radius 2 is 1.55 bits per heavy atom. The van der Waals surface area contributed by atoms with Crippen LogP contribution in [0.15, 0.2) is 24.3 Å². The van der Waals surface area contributed by atoms with Gasteiger partial charge in [-0.1, -0.05) is 12.1 Å². The molecule has 0 spiro atoms. The van der Waals surface area contributed by atoms with Crippen molar-refractivity contribution in [3.05, 3.63) is 35.6 Å². The summed E-state index contributed by atoms with van der Waals surface area (Å²) in [7, 11) is 0. The number of epoxide rings is 1. The molecule has 0 unspecified atom stereocenters. The monoisotopic (exact) mass is 300 g/mol. The van der Waals surface area contributed by atoms with E-state index in [-0.39, 0.29) is 23.4 Å². The molecule has 0 amide bonds. The number of Topliss-reactive ketones (excluding diaryl/α,β-unsaturated/α-hetero) is 1. The van der Waals surface area contributed by atoms with Crippen molar-refractivity contribution >= 4 is 5.78 Å².